The Morgan fingerprint density at radius 1 is 1.00 bits per heavy atom. The Hall–Kier alpha value is -2.36. The van der Waals surface area contributed by atoms with Crippen LogP contribution in [0.25, 0.3) is 10.8 Å². The predicted molar refractivity (Wildman–Crippen MR) is 57.4 cm³/mol. The van der Waals surface area contributed by atoms with E-state index in [9.17, 15) is 14.7 Å². The molecule has 1 aliphatic rings. The Morgan fingerprint density at radius 3 is 2.56 bits per heavy atom. The molecule has 16 heavy (non-hydrogen) atoms. The molecule has 0 fully saturated rings. The van der Waals surface area contributed by atoms with Crippen LogP contribution >= 0.6 is 0 Å². The average molecular weight is 213 g/mol. The van der Waals surface area contributed by atoms with Crippen molar-refractivity contribution in [3.63, 3.8) is 0 Å². The SMILES string of the molecule is O=C1NC(=O)c2cc(O)cc3cccc1c23. The molecule has 2 aromatic rings. The van der Waals surface area contributed by atoms with Gasteiger partial charge in [-0.1, -0.05) is 12.1 Å². The van der Waals surface area contributed by atoms with Crippen molar-refractivity contribution in [3.8, 4) is 5.75 Å². The van der Waals surface area contributed by atoms with Crippen molar-refractivity contribution < 1.29 is 14.7 Å². The Balaban J connectivity index is 2.55. The zero-order chi connectivity index (χ0) is 11.3. The van der Waals surface area contributed by atoms with Gasteiger partial charge in [-0.15, -0.1) is 0 Å². The van der Waals surface area contributed by atoms with Crippen LogP contribution in [0.4, 0.5) is 0 Å². The molecule has 0 atom stereocenters. The van der Waals surface area contributed by atoms with Crippen molar-refractivity contribution in [2.45, 2.75) is 0 Å². The smallest absolute Gasteiger partial charge is 0.258 e. The fourth-order valence-electron chi connectivity index (χ4n) is 2.02. The Kier molecular flexibility index (Phi) is 1.57. The summed E-state index contributed by atoms with van der Waals surface area (Å²) < 4.78 is 0. The number of phenols is 1. The first-order chi connectivity index (χ1) is 7.66. The number of nitrogens with one attached hydrogen (secondary N) is 1. The van der Waals surface area contributed by atoms with Gasteiger partial charge in [0, 0.05) is 10.9 Å². The maximum absolute atomic E-state index is 11.6. The molecule has 3 rings (SSSR count). The van der Waals surface area contributed by atoms with Crippen molar-refractivity contribution in [2.24, 2.45) is 0 Å². The highest BCUT2D eigenvalue weighted by Crippen LogP contribution is 2.29. The van der Waals surface area contributed by atoms with Crippen molar-refractivity contribution >= 4 is 22.6 Å². The second-order valence-electron chi connectivity index (χ2n) is 3.68. The lowest BCUT2D eigenvalue weighted by atomic mass is 9.95. The van der Waals surface area contributed by atoms with Crippen LogP contribution in [-0.2, 0) is 0 Å². The lowest BCUT2D eigenvalue weighted by molar-refractivity contribution is 0.0844. The Bertz CT molecular complexity index is 646. The van der Waals surface area contributed by atoms with Gasteiger partial charge in [0.15, 0.2) is 0 Å². The topological polar surface area (TPSA) is 66.4 Å². The van der Waals surface area contributed by atoms with Gasteiger partial charge in [-0.25, -0.2) is 0 Å². The maximum atomic E-state index is 11.6. The number of phenolic OH excluding ortho intramolecular Hbond substituents is 1. The van der Waals surface area contributed by atoms with E-state index >= 15 is 0 Å². The van der Waals surface area contributed by atoms with E-state index < -0.39 is 11.8 Å². The molecule has 2 amide bonds. The molecule has 4 heteroatoms. The van der Waals surface area contributed by atoms with Gasteiger partial charge in [0.05, 0.1) is 5.56 Å². The van der Waals surface area contributed by atoms with E-state index in [1.165, 1.54) is 12.1 Å². The second kappa shape index (κ2) is 2.82. The summed E-state index contributed by atoms with van der Waals surface area (Å²) in [5.74, 6) is -0.845. The predicted octanol–water partition coefficient (Wildman–Crippen LogP) is 1.43. The highest BCUT2D eigenvalue weighted by Gasteiger charge is 2.24. The summed E-state index contributed by atoms with van der Waals surface area (Å²) in [4.78, 5) is 23.2. The summed E-state index contributed by atoms with van der Waals surface area (Å²) in [5.41, 5.74) is 0.803. The van der Waals surface area contributed by atoms with E-state index in [1.54, 1.807) is 18.2 Å². The monoisotopic (exact) mass is 213 g/mol. The zero-order valence-corrected chi connectivity index (χ0v) is 8.15. The number of benzene rings is 2. The summed E-state index contributed by atoms with van der Waals surface area (Å²) in [5, 5.41) is 13.0. The summed E-state index contributed by atoms with van der Waals surface area (Å²) in [7, 11) is 0. The number of carbonyl (C=O) groups excluding carboxylic acids is 2. The van der Waals surface area contributed by atoms with E-state index in [1.807, 2.05) is 0 Å². The fraction of sp³-hybridized carbons (Fsp3) is 0. The number of carbonyl (C=O) groups is 2. The Labute approximate surface area is 90.5 Å². The van der Waals surface area contributed by atoms with Crippen molar-refractivity contribution in [1.29, 1.82) is 0 Å². The highest BCUT2D eigenvalue weighted by molar-refractivity contribution is 6.25. The molecule has 0 radical (unpaired) electrons. The number of imide groups is 1. The second-order valence-corrected chi connectivity index (χ2v) is 3.68. The van der Waals surface area contributed by atoms with Crippen molar-refractivity contribution in [2.75, 3.05) is 0 Å². The molecule has 0 unspecified atom stereocenters. The number of aromatic hydroxyl groups is 1. The number of amides is 2. The lowest BCUT2D eigenvalue weighted by Crippen LogP contribution is -2.34. The van der Waals surface area contributed by atoms with Gasteiger partial charge >= 0.3 is 0 Å². The first kappa shape index (κ1) is 8.91. The van der Waals surface area contributed by atoms with Crippen LogP contribution in [0, 0.1) is 0 Å². The van der Waals surface area contributed by atoms with Gasteiger partial charge in [0.1, 0.15) is 5.75 Å². The maximum Gasteiger partial charge on any atom is 0.258 e. The van der Waals surface area contributed by atoms with Gasteiger partial charge in [-0.2, -0.15) is 0 Å². The van der Waals surface area contributed by atoms with E-state index in [4.69, 9.17) is 0 Å². The first-order valence-corrected chi connectivity index (χ1v) is 4.78. The Morgan fingerprint density at radius 2 is 1.75 bits per heavy atom. The standard InChI is InChI=1S/C12H7NO3/c14-7-4-6-2-1-3-8-10(6)9(5-7)12(16)13-11(8)15/h1-5,14H,(H,13,15,16). The van der Waals surface area contributed by atoms with Crippen LogP contribution in [-0.4, -0.2) is 16.9 Å². The van der Waals surface area contributed by atoms with Crippen LogP contribution in [0.15, 0.2) is 30.3 Å². The van der Waals surface area contributed by atoms with Crippen LogP contribution in [0.5, 0.6) is 5.75 Å². The normalized spacial score (nSPS) is 14.0. The van der Waals surface area contributed by atoms with Gasteiger partial charge in [-0.05, 0) is 23.6 Å². The molecule has 1 aliphatic heterocycles. The number of rotatable bonds is 0. The van der Waals surface area contributed by atoms with E-state index in [2.05, 4.69) is 5.32 Å². The third-order valence-electron chi connectivity index (χ3n) is 2.68. The molecule has 0 bridgehead atoms. The van der Waals surface area contributed by atoms with E-state index in [0.717, 1.165) is 0 Å². The molecule has 0 aromatic heterocycles. The van der Waals surface area contributed by atoms with Gasteiger partial charge in [0.2, 0.25) is 0 Å². The zero-order valence-electron chi connectivity index (χ0n) is 8.15. The molecular formula is C12H7NO3. The molecule has 2 aromatic carbocycles. The third-order valence-corrected chi connectivity index (χ3v) is 2.68. The van der Waals surface area contributed by atoms with Crippen LogP contribution in [0.1, 0.15) is 20.7 Å². The molecule has 0 saturated carbocycles. The fourth-order valence-corrected chi connectivity index (χ4v) is 2.02. The van der Waals surface area contributed by atoms with E-state index in [0.29, 0.717) is 21.9 Å². The van der Waals surface area contributed by atoms with Gasteiger partial charge < -0.3 is 5.11 Å². The first-order valence-electron chi connectivity index (χ1n) is 4.78. The minimum absolute atomic E-state index is 0.0177. The van der Waals surface area contributed by atoms with Crippen molar-refractivity contribution in [1.82, 2.24) is 5.32 Å². The summed E-state index contributed by atoms with van der Waals surface area (Å²) >= 11 is 0. The average Bonchev–Trinajstić information content (AvgIpc) is 2.25. The molecular weight excluding hydrogens is 206 g/mol. The number of hydrogen-bond acceptors (Lipinski definition) is 3. The minimum atomic E-state index is -0.468. The quantitative estimate of drug-likeness (QED) is 0.650. The van der Waals surface area contributed by atoms with Crippen LogP contribution in [0.3, 0.4) is 0 Å². The third kappa shape index (κ3) is 1.04. The lowest BCUT2D eigenvalue weighted by Gasteiger charge is -2.16. The summed E-state index contributed by atoms with van der Waals surface area (Å²) in [6.45, 7) is 0. The van der Waals surface area contributed by atoms with Gasteiger partial charge in [-0.3, -0.25) is 14.9 Å². The molecule has 0 saturated heterocycles. The van der Waals surface area contributed by atoms with Crippen LogP contribution in [0.2, 0.25) is 0 Å². The molecule has 1 heterocycles. The number of hydrogen-bond donors (Lipinski definition) is 2. The molecule has 4 nitrogen and oxygen atoms in total. The highest BCUT2D eigenvalue weighted by atomic mass is 16.3. The summed E-state index contributed by atoms with van der Waals surface area (Å²) in [6, 6.07) is 8.04. The van der Waals surface area contributed by atoms with Crippen molar-refractivity contribution in [3.05, 3.63) is 41.5 Å². The molecule has 78 valence electrons. The molecule has 0 spiro atoms. The molecule has 2 N–H and O–H groups in total. The summed E-state index contributed by atoms with van der Waals surface area (Å²) in [6.07, 6.45) is 0. The van der Waals surface area contributed by atoms with E-state index in [-0.39, 0.29) is 5.75 Å². The minimum Gasteiger partial charge on any atom is -0.508 e. The molecule has 0 aliphatic carbocycles. The van der Waals surface area contributed by atoms with Crippen LogP contribution < -0.4 is 5.32 Å². The largest absolute Gasteiger partial charge is 0.508 e. The van der Waals surface area contributed by atoms with Gasteiger partial charge in [0.25, 0.3) is 11.8 Å².